The van der Waals surface area contributed by atoms with Crippen LogP contribution in [0.2, 0.25) is 0 Å². The summed E-state index contributed by atoms with van der Waals surface area (Å²) >= 11 is 0. The predicted octanol–water partition coefficient (Wildman–Crippen LogP) is 4.71. The van der Waals surface area contributed by atoms with Crippen LogP contribution in [0.4, 0.5) is 4.79 Å². The summed E-state index contributed by atoms with van der Waals surface area (Å²) in [4.78, 5) is 24.5. The average molecular weight is 440 g/mol. The minimum atomic E-state index is -1.10. The van der Waals surface area contributed by atoms with Crippen LogP contribution < -0.4 is 5.32 Å². The normalized spacial score (nSPS) is 13.4. The van der Waals surface area contributed by atoms with Gasteiger partial charge >= 0.3 is 12.1 Å². The highest BCUT2D eigenvalue weighted by Crippen LogP contribution is 2.44. The summed E-state index contributed by atoms with van der Waals surface area (Å²) in [7, 11) is 1.94. The zero-order valence-corrected chi connectivity index (χ0v) is 18.2. The molecule has 0 fully saturated rings. The Bertz CT molecular complexity index is 1310. The van der Waals surface area contributed by atoms with Gasteiger partial charge in [-0.1, -0.05) is 60.7 Å². The van der Waals surface area contributed by atoms with E-state index in [4.69, 9.17) is 4.74 Å². The molecule has 166 valence electrons. The summed E-state index contributed by atoms with van der Waals surface area (Å²) in [6.45, 7) is 0.139. The van der Waals surface area contributed by atoms with Crippen LogP contribution in [0.3, 0.4) is 0 Å². The van der Waals surface area contributed by atoms with Crippen molar-refractivity contribution in [2.24, 2.45) is 7.05 Å². The second-order valence-corrected chi connectivity index (χ2v) is 8.34. The molecule has 0 saturated heterocycles. The first-order valence-corrected chi connectivity index (χ1v) is 10.9. The Kier molecular flexibility index (Phi) is 5.34. The fraction of sp³-hybridized carbons (Fsp3) is 0.185. The molecule has 33 heavy (non-hydrogen) atoms. The SMILES string of the molecule is Cn1ccc2c(C[C@H](NC(=O)OCC3c4ccccc4-c4ccccc43)C(=O)O)cccc21. The van der Waals surface area contributed by atoms with Crippen LogP contribution in [0.15, 0.2) is 79.0 Å². The Labute approximate surface area is 191 Å². The van der Waals surface area contributed by atoms with Crippen molar-refractivity contribution in [1.82, 2.24) is 9.88 Å². The third-order valence-corrected chi connectivity index (χ3v) is 6.38. The van der Waals surface area contributed by atoms with Crippen molar-refractivity contribution in [2.75, 3.05) is 6.61 Å². The molecule has 1 aromatic heterocycles. The number of fused-ring (bicyclic) bond motifs is 4. The highest BCUT2D eigenvalue weighted by molar-refractivity contribution is 5.86. The van der Waals surface area contributed by atoms with Crippen molar-refractivity contribution in [3.8, 4) is 11.1 Å². The fourth-order valence-electron chi connectivity index (χ4n) is 4.75. The zero-order chi connectivity index (χ0) is 22.9. The maximum atomic E-state index is 12.6. The summed E-state index contributed by atoms with van der Waals surface area (Å²) in [5, 5.41) is 13.2. The summed E-state index contributed by atoms with van der Waals surface area (Å²) in [5.41, 5.74) is 6.37. The molecule has 3 aromatic carbocycles. The smallest absolute Gasteiger partial charge is 0.407 e. The molecule has 1 aliphatic rings. The number of amides is 1. The predicted molar refractivity (Wildman–Crippen MR) is 126 cm³/mol. The Hall–Kier alpha value is -4.06. The van der Waals surface area contributed by atoms with Gasteiger partial charge in [-0.15, -0.1) is 0 Å². The van der Waals surface area contributed by atoms with Gasteiger partial charge in [-0.05, 0) is 39.9 Å². The maximum Gasteiger partial charge on any atom is 0.407 e. The Balaban J connectivity index is 1.29. The number of aryl methyl sites for hydroxylation is 1. The zero-order valence-electron chi connectivity index (χ0n) is 18.2. The number of nitrogens with zero attached hydrogens (tertiary/aromatic N) is 1. The van der Waals surface area contributed by atoms with E-state index in [1.807, 2.05) is 78.5 Å². The van der Waals surface area contributed by atoms with Gasteiger partial charge in [0, 0.05) is 36.5 Å². The van der Waals surface area contributed by atoms with Gasteiger partial charge < -0.3 is 19.7 Å². The summed E-state index contributed by atoms with van der Waals surface area (Å²) in [6.07, 6.45) is 1.37. The topological polar surface area (TPSA) is 80.6 Å². The number of alkyl carbamates (subject to hydrolysis) is 1. The molecule has 0 saturated carbocycles. The molecule has 4 aromatic rings. The lowest BCUT2D eigenvalue weighted by Gasteiger charge is -2.18. The summed E-state index contributed by atoms with van der Waals surface area (Å²) in [6, 6.07) is 22.8. The third-order valence-electron chi connectivity index (χ3n) is 6.38. The molecule has 6 nitrogen and oxygen atoms in total. The van der Waals surface area contributed by atoms with Gasteiger partial charge in [0.1, 0.15) is 12.6 Å². The van der Waals surface area contributed by atoms with E-state index in [-0.39, 0.29) is 18.9 Å². The molecule has 1 atom stereocenters. The largest absolute Gasteiger partial charge is 0.480 e. The van der Waals surface area contributed by atoms with Gasteiger partial charge in [-0.2, -0.15) is 0 Å². The van der Waals surface area contributed by atoms with Crippen molar-refractivity contribution in [3.05, 3.63) is 95.7 Å². The summed E-state index contributed by atoms with van der Waals surface area (Å²) in [5.74, 6) is -1.18. The van der Waals surface area contributed by atoms with Crippen molar-refractivity contribution in [3.63, 3.8) is 0 Å². The molecule has 6 heteroatoms. The van der Waals surface area contributed by atoms with Gasteiger partial charge in [-0.25, -0.2) is 9.59 Å². The molecule has 0 aliphatic heterocycles. The molecule has 0 bridgehead atoms. The van der Waals surface area contributed by atoms with Crippen LogP contribution in [-0.2, 0) is 23.0 Å². The third kappa shape index (κ3) is 3.84. The number of ether oxygens (including phenoxy) is 1. The van der Waals surface area contributed by atoms with E-state index in [9.17, 15) is 14.7 Å². The number of hydrogen-bond donors (Lipinski definition) is 2. The monoisotopic (exact) mass is 440 g/mol. The second-order valence-electron chi connectivity index (χ2n) is 8.34. The number of rotatable bonds is 6. The quantitative estimate of drug-likeness (QED) is 0.455. The molecule has 1 amide bonds. The van der Waals surface area contributed by atoms with Crippen LogP contribution in [0.25, 0.3) is 22.0 Å². The summed E-state index contributed by atoms with van der Waals surface area (Å²) < 4.78 is 7.51. The fourth-order valence-corrected chi connectivity index (χ4v) is 4.75. The van der Waals surface area contributed by atoms with Gasteiger partial charge in [0.2, 0.25) is 0 Å². The van der Waals surface area contributed by atoms with Crippen LogP contribution in [0.1, 0.15) is 22.6 Å². The van der Waals surface area contributed by atoms with Gasteiger partial charge in [-0.3, -0.25) is 0 Å². The number of benzene rings is 3. The molecule has 1 heterocycles. The Morgan fingerprint density at radius 3 is 2.30 bits per heavy atom. The van der Waals surface area contributed by atoms with Crippen LogP contribution in [0.5, 0.6) is 0 Å². The van der Waals surface area contributed by atoms with E-state index in [2.05, 4.69) is 17.4 Å². The van der Waals surface area contributed by atoms with E-state index in [0.29, 0.717) is 0 Å². The standard InChI is InChI=1S/C27H24N2O4/c1-29-14-13-18-17(7-6-12-25(18)29)15-24(26(30)31)28-27(32)33-16-23-21-10-4-2-8-19(21)20-9-3-5-11-22(20)23/h2-14,23-24H,15-16H2,1H3,(H,28,32)(H,30,31)/t24-/m0/s1. The van der Waals surface area contributed by atoms with Gasteiger partial charge in [0.05, 0.1) is 0 Å². The number of nitrogens with one attached hydrogen (secondary N) is 1. The molecule has 0 unspecified atom stereocenters. The van der Waals surface area contributed by atoms with Crippen LogP contribution in [0, 0.1) is 0 Å². The molecular formula is C27H24N2O4. The lowest BCUT2D eigenvalue weighted by atomic mass is 9.98. The van der Waals surface area contributed by atoms with E-state index in [1.165, 1.54) is 0 Å². The molecule has 2 N–H and O–H groups in total. The first-order valence-electron chi connectivity index (χ1n) is 10.9. The highest BCUT2D eigenvalue weighted by atomic mass is 16.5. The van der Waals surface area contributed by atoms with E-state index >= 15 is 0 Å². The number of aromatic nitrogens is 1. The van der Waals surface area contributed by atoms with E-state index < -0.39 is 18.1 Å². The van der Waals surface area contributed by atoms with Crippen molar-refractivity contribution >= 4 is 23.0 Å². The Morgan fingerprint density at radius 2 is 1.64 bits per heavy atom. The van der Waals surface area contributed by atoms with Gasteiger partial charge in [0.25, 0.3) is 0 Å². The lowest BCUT2D eigenvalue weighted by molar-refractivity contribution is -0.139. The van der Waals surface area contributed by atoms with Crippen LogP contribution >= 0.6 is 0 Å². The number of hydrogen-bond acceptors (Lipinski definition) is 3. The molecule has 0 spiro atoms. The van der Waals surface area contributed by atoms with E-state index in [1.54, 1.807) is 0 Å². The average Bonchev–Trinajstić information content (AvgIpc) is 3.36. The van der Waals surface area contributed by atoms with Crippen molar-refractivity contribution in [1.29, 1.82) is 0 Å². The van der Waals surface area contributed by atoms with Crippen LogP contribution in [-0.4, -0.2) is 34.4 Å². The number of carbonyl (C=O) groups excluding carboxylic acids is 1. The minimum absolute atomic E-state index is 0.0792. The molecule has 0 radical (unpaired) electrons. The molecular weight excluding hydrogens is 416 g/mol. The molecule has 5 rings (SSSR count). The first kappa shape index (κ1) is 20.8. The van der Waals surface area contributed by atoms with Crippen molar-refractivity contribution < 1.29 is 19.4 Å². The lowest BCUT2D eigenvalue weighted by Crippen LogP contribution is -2.43. The number of aliphatic carboxylic acids is 1. The minimum Gasteiger partial charge on any atom is -0.480 e. The Morgan fingerprint density at radius 1 is 0.970 bits per heavy atom. The number of carboxylic acid groups (broad SMARTS) is 1. The molecule has 1 aliphatic carbocycles. The second kappa shape index (κ2) is 8.47. The number of carbonyl (C=O) groups is 2. The van der Waals surface area contributed by atoms with Crippen molar-refractivity contribution in [2.45, 2.75) is 18.4 Å². The number of carboxylic acids is 1. The first-order chi connectivity index (χ1) is 16.0. The van der Waals surface area contributed by atoms with Gasteiger partial charge in [0.15, 0.2) is 0 Å². The maximum absolute atomic E-state index is 12.6. The van der Waals surface area contributed by atoms with E-state index in [0.717, 1.165) is 38.7 Å². The highest BCUT2D eigenvalue weighted by Gasteiger charge is 2.30.